The van der Waals surface area contributed by atoms with Crippen molar-refractivity contribution in [2.75, 3.05) is 38.8 Å². The Kier molecular flexibility index (Phi) is 6.74. The molecule has 0 aromatic heterocycles. The van der Waals surface area contributed by atoms with Crippen LogP contribution in [0.25, 0.3) is 0 Å². The van der Waals surface area contributed by atoms with Crippen molar-refractivity contribution in [3.8, 4) is 0 Å². The summed E-state index contributed by atoms with van der Waals surface area (Å²) >= 11 is 0. The molecule has 0 heterocycles. The van der Waals surface area contributed by atoms with E-state index in [1.807, 2.05) is 0 Å². The van der Waals surface area contributed by atoms with Crippen LogP contribution in [0, 0.1) is 11.6 Å². The number of nitrogens with one attached hydrogen (secondary N) is 1. The van der Waals surface area contributed by atoms with Crippen LogP contribution in [0.1, 0.15) is 5.56 Å². The second-order valence-electron chi connectivity index (χ2n) is 4.35. The average molecular weight is 294 g/mol. The van der Waals surface area contributed by atoms with Crippen molar-refractivity contribution in [1.82, 2.24) is 5.32 Å². The lowest BCUT2D eigenvalue weighted by atomic mass is 10.1. The molecule has 20 heavy (non-hydrogen) atoms. The SMILES string of the molecule is COCCNCc1cc(F)c(N(C)CC(F)F)c(F)c1. The molecule has 0 atom stereocenters. The van der Waals surface area contributed by atoms with Crippen LogP contribution < -0.4 is 10.2 Å². The fraction of sp³-hybridized carbons (Fsp3) is 0.538. The Morgan fingerprint density at radius 2 is 1.85 bits per heavy atom. The molecule has 0 bridgehead atoms. The van der Waals surface area contributed by atoms with Gasteiger partial charge in [-0.3, -0.25) is 0 Å². The topological polar surface area (TPSA) is 24.5 Å². The molecule has 0 saturated heterocycles. The van der Waals surface area contributed by atoms with Crippen molar-refractivity contribution >= 4 is 5.69 Å². The molecule has 1 aromatic rings. The van der Waals surface area contributed by atoms with Gasteiger partial charge in [-0.1, -0.05) is 0 Å². The maximum Gasteiger partial charge on any atom is 0.255 e. The third-order valence-corrected chi connectivity index (χ3v) is 2.68. The number of methoxy groups -OCH3 is 1. The summed E-state index contributed by atoms with van der Waals surface area (Å²) in [6.07, 6.45) is -2.66. The quantitative estimate of drug-likeness (QED) is 0.588. The van der Waals surface area contributed by atoms with E-state index >= 15 is 0 Å². The second kappa shape index (κ2) is 8.06. The first-order valence-corrected chi connectivity index (χ1v) is 6.12. The van der Waals surface area contributed by atoms with E-state index in [0.29, 0.717) is 18.7 Å². The summed E-state index contributed by atoms with van der Waals surface area (Å²) in [5, 5.41) is 2.95. The van der Waals surface area contributed by atoms with Crippen LogP contribution in [0.5, 0.6) is 0 Å². The molecule has 1 N–H and O–H groups in total. The van der Waals surface area contributed by atoms with Crippen LogP contribution in [0.2, 0.25) is 0 Å². The largest absolute Gasteiger partial charge is 0.383 e. The fourth-order valence-electron chi connectivity index (χ4n) is 1.79. The maximum absolute atomic E-state index is 13.8. The van der Waals surface area contributed by atoms with Crippen molar-refractivity contribution in [2.45, 2.75) is 13.0 Å². The first-order chi connectivity index (χ1) is 9.45. The average Bonchev–Trinajstić information content (AvgIpc) is 2.33. The van der Waals surface area contributed by atoms with E-state index in [-0.39, 0.29) is 6.54 Å². The predicted octanol–water partition coefficient (Wildman–Crippen LogP) is 2.40. The summed E-state index contributed by atoms with van der Waals surface area (Å²) in [7, 11) is 2.78. The van der Waals surface area contributed by atoms with E-state index in [0.717, 1.165) is 17.0 Å². The van der Waals surface area contributed by atoms with Crippen molar-refractivity contribution in [2.24, 2.45) is 0 Å². The lowest BCUT2D eigenvalue weighted by Crippen LogP contribution is -2.26. The summed E-state index contributed by atoms with van der Waals surface area (Å²) in [6.45, 7) is 0.586. The van der Waals surface area contributed by atoms with Gasteiger partial charge in [-0.05, 0) is 17.7 Å². The van der Waals surface area contributed by atoms with E-state index in [4.69, 9.17) is 4.74 Å². The van der Waals surface area contributed by atoms with Gasteiger partial charge in [0.15, 0.2) is 0 Å². The van der Waals surface area contributed by atoms with Gasteiger partial charge in [0.1, 0.15) is 17.3 Å². The summed E-state index contributed by atoms with van der Waals surface area (Å²) < 4.78 is 56.9. The van der Waals surface area contributed by atoms with Crippen molar-refractivity contribution in [1.29, 1.82) is 0 Å². The van der Waals surface area contributed by atoms with Crippen molar-refractivity contribution in [3.05, 3.63) is 29.3 Å². The summed E-state index contributed by atoms with van der Waals surface area (Å²) in [5.74, 6) is -1.70. The van der Waals surface area contributed by atoms with E-state index in [9.17, 15) is 17.6 Å². The predicted molar refractivity (Wildman–Crippen MR) is 69.2 cm³/mol. The highest BCUT2D eigenvalue weighted by Crippen LogP contribution is 2.24. The molecular weight excluding hydrogens is 276 g/mol. The van der Waals surface area contributed by atoms with Gasteiger partial charge in [0, 0.05) is 27.2 Å². The summed E-state index contributed by atoms with van der Waals surface area (Å²) in [6, 6.07) is 2.28. The number of benzene rings is 1. The number of hydrogen-bond donors (Lipinski definition) is 1. The number of alkyl halides is 2. The lowest BCUT2D eigenvalue weighted by Gasteiger charge is -2.20. The Morgan fingerprint density at radius 1 is 1.25 bits per heavy atom. The zero-order valence-corrected chi connectivity index (χ0v) is 11.4. The van der Waals surface area contributed by atoms with Gasteiger partial charge in [-0.2, -0.15) is 0 Å². The van der Waals surface area contributed by atoms with Crippen LogP contribution in [0.3, 0.4) is 0 Å². The summed E-state index contributed by atoms with van der Waals surface area (Å²) in [5.41, 5.74) is -0.0313. The van der Waals surface area contributed by atoms with Gasteiger partial charge in [0.05, 0.1) is 13.2 Å². The Hall–Kier alpha value is -1.34. The minimum atomic E-state index is -2.66. The molecule has 0 aliphatic carbocycles. The third-order valence-electron chi connectivity index (χ3n) is 2.68. The third kappa shape index (κ3) is 4.97. The van der Waals surface area contributed by atoms with Gasteiger partial charge >= 0.3 is 0 Å². The molecule has 0 amide bonds. The first-order valence-electron chi connectivity index (χ1n) is 6.12. The lowest BCUT2D eigenvalue weighted by molar-refractivity contribution is 0.156. The first kappa shape index (κ1) is 16.7. The molecule has 0 unspecified atom stereocenters. The minimum Gasteiger partial charge on any atom is -0.383 e. The van der Waals surface area contributed by atoms with Crippen LogP contribution >= 0.6 is 0 Å². The molecule has 7 heteroatoms. The highest BCUT2D eigenvalue weighted by atomic mass is 19.3. The highest BCUT2D eigenvalue weighted by molar-refractivity contribution is 5.50. The number of nitrogens with zero attached hydrogens (tertiary/aromatic N) is 1. The minimum absolute atomic E-state index is 0.274. The molecule has 1 rings (SSSR count). The van der Waals surface area contributed by atoms with Crippen molar-refractivity contribution in [3.63, 3.8) is 0 Å². The van der Waals surface area contributed by atoms with E-state index in [1.54, 1.807) is 7.11 Å². The smallest absolute Gasteiger partial charge is 0.255 e. The van der Waals surface area contributed by atoms with Crippen LogP contribution in [-0.4, -0.2) is 40.3 Å². The number of rotatable bonds is 8. The molecular formula is C13H18F4N2O. The molecule has 0 aliphatic rings. The molecule has 1 aromatic carbocycles. The van der Waals surface area contributed by atoms with E-state index in [1.165, 1.54) is 7.05 Å². The standard InChI is InChI=1S/C13H18F4N2O/c1-19(8-12(16)17)13-10(14)5-9(6-11(13)15)7-18-3-4-20-2/h5-6,12,18H,3-4,7-8H2,1-2H3. The van der Waals surface area contributed by atoms with Gasteiger partial charge < -0.3 is 15.0 Å². The number of halogens is 4. The van der Waals surface area contributed by atoms with Gasteiger partial charge in [-0.15, -0.1) is 0 Å². The Bertz CT molecular complexity index is 406. The van der Waals surface area contributed by atoms with Crippen LogP contribution in [-0.2, 0) is 11.3 Å². The number of ether oxygens (including phenoxy) is 1. The van der Waals surface area contributed by atoms with E-state index < -0.39 is 30.3 Å². The Morgan fingerprint density at radius 3 is 2.35 bits per heavy atom. The van der Waals surface area contributed by atoms with Gasteiger partial charge in [0.25, 0.3) is 6.43 Å². The molecule has 0 saturated carbocycles. The highest BCUT2D eigenvalue weighted by Gasteiger charge is 2.18. The van der Waals surface area contributed by atoms with Crippen molar-refractivity contribution < 1.29 is 22.3 Å². The number of hydrogen-bond acceptors (Lipinski definition) is 3. The zero-order chi connectivity index (χ0) is 15.1. The maximum atomic E-state index is 13.8. The van der Waals surface area contributed by atoms with Crippen LogP contribution in [0.4, 0.5) is 23.2 Å². The molecule has 0 aliphatic heterocycles. The second-order valence-corrected chi connectivity index (χ2v) is 4.35. The fourth-order valence-corrected chi connectivity index (χ4v) is 1.79. The Labute approximate surface area is 115 Å². The monoisotopic (exact) mass is 294 g/mol. The molecule has 114 valence electrons. The van der Waals surface area contributed by atoms with Gasteiger partial charge in [0.2, 0.25) is 0 Å². The number of anilines is 1. The Balaban J connectivity index is 2.75. The normalized spacial score (nSPS) is 11.2. The zero-order valence-electron chi connectivity index (χ0n) is 11.4. The van der Waals surface area contributed by atoms with Gasteiger partial charge in [-0.25, -0.2) is 17.6 Å². The molecule has 0 spiro atoms. The summed E-state index contributed by atoms with van der Waals surface area (Å²) in [4.78, 5) is 0.872. The van der Waals surface area contributed by atoms with E-state index in [2.05, 4.69) is 5.32 Å². The molecule has 3 nitrogen and oxygen atoms in total. The van der Waals surface area contributed by atoms with Crippen LogP contribution in [0.15, 0.2) is 12.1 Å². The molecule has 0 radical (unpaired) electrons. The molecule has 0 fully saturated rings.